The number of sulfone groups is 1. The molecule has 2 aromatic heterocycles. The van der Waals surface area contributed by atoms with Crippen molar-refractivity contribution in [3.63, 3.8) is 0 Å². The number of hydrogen-bond donors (Lipinski definition) is 1. The lowest BCUT2D eigenvalue weighted by Gasteiger charge is -2.29. The number of pyridine rings is 1. The zero-order valence-corrected chi connectivity index (χ0v) is 23.8. The second-order valence-electron chi connectivity index (χ2n) is 9.73. The molecule has 5 rings (SSSR count). The number of benzene rings is 2. The smallest absolute Gasteiger partial charge is 0.185 e. The maximum Gasteiger partial charge on any atom is 0.185 e. The average Bonchev–Trinajstić information content (AvgIpc) is 3.40. The first kappa shape index (κ1) is 28.3. The second kappa shape index (κ2) is 11.7. The van der Waals surface area contributed by atoms with Crippen LogP contribution in [0.5, 0.6) is 0 Å². The molecule has 210 valence electrons. The summed E-state index contributed by atoms with van der Waals surface area (Å²) in [5, 5.41) is 3.92. The van der Waals surface area contributed by atoms with Crippen molar-refractivity contribution in [2.75, 3.05) is 32.0 Å². The summed E-state index contributed by atoms with van der Waals surface area (Å²) in [6.07, 6.45) is 3.55. The summed E-state index contributed by atoms with van der Waals surface area (Å²) < 4.78 is 70.1. The number of anilines is 1. The highest BCUT2D eigenvalue weighted by molar-refractivity contribution is 7.90. The molecule has 0 amide bonds. The Bertz CT molecular complexity index is 1630. The van der Waals surface area contributed by atoms with Gasteiger partial charge in [0, 0.05) is 30.3 Å². The molecular formula is C29H29F3N4O2S2. The van der Waals surface area contributed by atoms with E-state index >= 15 is 4.39 Å². The first-order valence-electron chi connectivity index (χ1n) is 13.0. The molecule has 1 saturated heterocycles. The quantitative estimate of drug-likeness (QED) is 0.254. The van der Waals surface area contributed by atoms with E-state index in [1.807, 2.05) is 12.1 Å². The minimum atomic E-state index is -4.37. The van der Waals surface area contributed by atoms with Gasteiger partial charge in [-0.1, -0.05) is 19.1 Å². The van der Waals surface area contributed by atoms with Gasteiger partial charge in [0.2, 0.25) is 0 Å². The van der Waals surface area contributed by atoms with Gasteiger partial charge in [0.05, 0.1) is 21.3 Å². The Morgan fingerprint density at radius 2 is 1.85 bits per heavy atom. The van der Waals surface area contributed by atoms with Crippen molar-refractivity contribution in [3.05, 3.63) is 82.8 Å². The topological polar surface area (TPSA) is 75.2 Å². The summed E-state index contributed by atoms with van der Waals surface area (Å²) in [4.78, 5) is 11.6. The molecular weight excluding hydrogens is 557 g/mol. The molecule has 1 aliphatic heterocycles. The third-order valence-corrected chi connectivity index (χ3v) is 10.2. The fourth-order valence-corrected chi connectivity index (χ4v) is 7.66. The number of likely N-dealkylation sites (tertiary alicyclic amines) is 1. The van der Waals surface area contributed by atoms with Crippen molar-refractivity contribution in [1.29, 1.82) is 0 Å². The normalized spacial score (nSPS) is 14.9. The Balaban J connectivity index is 1.57. The van der Waals surface area contributed by atoms with Crippen LogP contribution >= 0.6 is 11.3 Å². The molecule has 40 heavy (non-hydrogen) atoms. The van der Waals surface area contributed by atoms with E-state index in [1.54, 1.807) is 25.4 Å². The van der Waals surface area contributed by atoms with E-state index in [1.165, 1.54) is 17.4 Å². The van der Waals surface area contributed by atoms with E-state index in [0.717, 1.165) is 60.1 Å². The Morgan fingerprint density at radius 3 is 2.58 bits per heavy atom. The minimum absolute atomic E-state index is 0.149. The lowest BCUT2D eigenvalue weighted by molar-refractivity contribution is 0.222. The Kier molecular flexibility index (Phi) is 8.25. The number of nitrogens with zero attached hydrogens (tertiary/aromatic N) is 3. The van der Waals surface area contributed by atoms with Gasteiger partial charge < -0.3 is 10.2 Å². The van der Waals surface area contributed by atoms with Gasteiger partial charge in [-0.3, -0.25) is 0 Å². The van der Waals surface area contributed by atoms with Crippen molar-refractivity contribution in [2.24, 2.45) is 0 Å². The summed E-state index contributed by atoms with van der Waals surface area (Å²) in [6, 6.07) is 10.4. The first-order valence-corrected chi connectivity index (χ1v) is 15.5. The highest BCUT2D eigenvalue weighted by Gasteiger charge is 2.28. The largest absolute Gasteiger partial charge is 0.373 e. The van der Waals surface area contributed by atoms with E-state index < -0.39 is 37.9 Å². The van der Waals surface area contributed by atoms with Crippen molar-refractivity contribution in [1.82, 2.24) is 14.9 Å². The van der Waals surface area contributed by atoms with Crippen molar-refractivity contribution >= 4 is 27.0 Å². The maximum absolute atomic E-state index is 16.1. The summed E-state index contributed by atoms with van der Waals surface area (Å²) in [6.45, 7) is 5.05. The zero-order valence-electron chi connectivity index (χ0n) is 22.1. The molecule has 3 heterocycles. The predicted molar refractivity (Wildman–Crippen MR) is 152 cm³/mol. The number of aromatic nitrogens is 2. The third kappa shape index (κ3) is 5.77. The van der Waals surface area contributed by atoms with Crippen LogP contribution < -0.4 is 5.32 Å². The molecule has 0 unspecified atom stereocenters. The number of thiazole rings is 1. The van der Waals surface area contributed by atoms with Gasteiger partial charge in [-0.15, -0.1) is 11.3 Å². The van der Waals surface area contributed by atoms with Crippen LogP contribution in [0.2, 0.25) is 0 Å². The van der Waals surface area contributed by atoms with Gasteiger partial charge in [0.15, 0.2) is 9.84 Å². The summed E-state index contributed by atoms with van der Waals surface area (Å²) >= 11 is 1.51. The monoisotopic (exact) mass is 586 g/mol. The van der Waals surface area contributed by atoms with E-state index in [0.29, 0.717) is 17.6 Å². The minimum Gasteiger partial charge on any atom is -0.373 e. The molecule has 4 aromatic rings. The van der Waals surface area contributed by atoms with Crippen LogP contribution in [0.15, 0.2) is 59.6 Å². The molecule has 1 fully saturated rings. The molecule has 0 spiro atoms. The number of piperidine rings is 1. The maximum atomic E-state index is 16.1. The fraction of sp³-hybridized carbons (Fsp3) is 0.310. The lowest BCUT2D eigenvalue weighted by Crippen LogP contribution is -2.32. The van der Waals surface area contributed by atoms with Gasteiger partial charge in [-0.25, -0.2) is 31.6 Å². The van der Waals surface area contributed by atoms with Crippen LogP contribution in [0.3, 0.4) is 0 Å². The van der Waals surface area contributed by atoms with Crippen LogP contribution in [-0.2, 0) is 15.6 Å². The Morgan fingerprint density at radius 1 is 1.07 bits per heavy atom. The standard InChI is InChI=1S/C29H29F3N4O2S2/c1-3-36-13-10-18(11-14-36)29-35-27(28(39-29)19-9-12-34-25(15-19)33-2)22-6-4-5-20(26(22)32)17-40(37,38)24-16-21(30)7-8-23(24)31/h4-9,12,15-16,18H,3,10-11,13-14,17H2,1-2H3,(H,33,34). The average molecular weight is 587 g/mol. The van der Waals surface area contributed by atoms with Crippen molar-refractivity contribution in [3.8, 4) is 21.7 Å². The molecule has 0 aliphatic carbocycles. The van der Waals surface area contributed by atoms with E-state index in [2.05, 4.69) is 22.1 Å². The predicted octanol–water partition coefficient (Wildman–Crippen LogP) is 6.50. The summed E-state index contributed by atoms with van der Waals surface area (Å²) in [7, 11) is -2.61. The molecule has 0 radical (unpaired) electrons. The molecule has 0 atom stereocenters. The number of halogens is 3. The number of nitrogens with one attached hydrogen (secondary N) is 1. The van der Waals surface area contributed by atoms with Crippen LogP contribution in [0.25, 0.3) is 21.7 Å². The van der Waals surface area contributed by atoms with Gasteiger partial charge in [-0.2, -0.15) is 0 Å². The van der Waals surface area contributed by atoms with Gasteiger partial charge in [0.1, 0.15) is 28.2 Å². The molecule has 11 heteroatoms. The van der Waals surface area contributed by atoms with Crippen molar-refractivity contribution < 1.29 is 21.6 Å². The molecule has 1 N–H and O–H groups in total. The zero-order chi connectivity index (χ0) is 28.4. The summed E-state index contributed by atoms with van der Waals surface area (Å²) in [5.74, 6) is -2.69. The van der Waals surface area contributed by atoms with Crippen LogP contribution in [-0.4, -0.2) is 50.0 Å². The van der Waals surface area contributed by atoms with Crippen LogP contribution in [0.1, 0.15) is 36.3 Å². The Hall–Kier alpha value is -3.28. The number of hydrogen-bond acceptors (Lipinski definition) is 7. The first-order chi connectivity index (χ1) is 19.2. The second-order valence-corrected chi connectivity index (χ2v) is 12.7. The Labute approximate surface area is 235 Å². The van der Waals surface area contributed by atoms with Crippen LogP contribution in [0, 0.1) is 17.5 Å². The fourth-order valence-electron chi connectivity index (χ4n) is 4.97. The van der Waals surface area contributed by atoms with Gasteiger partial charge in [0.25, 0.3) is 0 Å². The number of rotatable bonds is 8. The van der Waals surface area contributed by atoms with Crippen molar-refractivity contribution in [2.45, 2.75) is 36.3 Å². The van der Waals surface area contributed by atoms with E-state index in [4.69, 9.17) is 4.98 Å². The molecule has 6 nitrogen and oxygen atoms in total. The van der Waals surface area contributed by atoms with Gasteiger partial charge in [-0.05, 0) is 74.4 Å². The summed E-state index contributed by atoms with van der Waals surface area (Å²) in [5.41, 5.74) is 1.23. The third-order valence-electron chi connectivity index (χ3n) is 7.21. The molecule has 1 aliphatic rings. The molecule has 0 bridgehead atoms. The van der Waals surface area contributed by atoms with Crippen LogP contribution in [0.4, 0.5) is 19.0 Å². The van der Waals surface area contributed by atoms with E-state index in [9.17, 15) is 17.2 Å². The molecule has 2 aromatic carbocycles. The van der Waals surface area contributed by atoms with E-state index in [-0.39, 0.29) is 17.0 Å². The highest BCUT2D eigenvalue weighted by Crippen LogP contribution is 2.43. The molecule has 0 saturated carbocycles. The highest BCUT2D eigenvalue weighted by atomic mass is 32.2. The van der Waals surface area contributed by atoms with Gasteiger partial charge >= 0.3 is 0 Å². The SMILES string of the molecule is CCN1CCC(c2nc(-c3cccc(CS(=O)(=O)c4cc(F)ccc4F)c3F)c(-c3ccnc(NC)c3)s2)CC1. The lowest BCUT2D eigenvalue weighted by atomic mass is 9.97.